The van der Waals surface area contributed by atoms with E-state index in [-0.39, 0.29) is 0 Å². The number of carbonyl (C=O) groups excluding carboxylic acids is 1. The average Bonchev–Trinajstić information content (AvgIpc) is 2.47. The standard InChI is InChI=1S/C12H10N4O3/c1-18-9-4-10(19-2)15-16-11(9)8-3-7(5-13)12(17)14-6-8/h3-4,6-7H,1-2H3. The molecule has 0 aliphatic carbocycles. The van der Waals surface area contributed by atoms with Crippen molar-refractivity contribution in [2.45, 2.75) is 0 Å². The molecule has 0 saturated heterocycles. The number of ether oxygens (including phenoxy) is 2. The Balaban J connectivity index is 2.45. The van der Waals surface area contributed by atoms with Crippen molar-refractivity contribution >= 4 is 17.7 Å². The van der Waals surface area contributed by atoms with E-state index in [4.69, 9.17) is 14.7 Å². The van der Waals surface area contributed by atoms with Gasteiger partial charge >= 0.3 is 0 Å². The lowest BCUT2D eigenvalue weighted by atomic mass is 10.0. The third-order valence-corrected chi connectivity index (χ3v) is 2.52. The van der Waals surface area contributed by atoms with E-state index in [9.17, 15) is 4.79 Å². The molecule has 0 spiro atoms. The van der Waals surface area contributed by atoms with Crippen molar-refractivity contribution in [3.05, 3.63) is 17.8 Å². The normalized spacial score (nSPS) is 17.6. The molecule has 0 N–H and O–H groups in total. The summed E-state index contributed by atoms with van der Waals surface area (Å²) in [5.74, 6) is -0.669. The SMILES string of the molecule is COc1cc(OC)c(C2=CC(C#N)C(=O)N=C2)nn1. The largest absolute Gasteiger partial charge is 0.494 e. The lowest BCUT2D eigenvalue weighted by molar-refractivity contribution is -0.118. The molecule has 1 aliphatic rings. The molecule has 1 aromatic heterocycles. The molecule has 1 aromatic rings. The van der Waals surface area contributed by atoms with Gasteiger partial charge in [-0.3, -0.25) is 4.79 Å². The van der Waals surface area contributed by atoms with E-state index in [1.165, 1.54) is 26.5 Å². The first-order chi connectivity index (χ1) is 9.19. The van der Waals surface area contributed by atoms with E-state index < -0.39 is 11.8 Å². The highest BCUT2D eigenvalue weighted by molar-refractivity contribution is 6.16. The Labute approximate surface area is 109 Å². The summed E-state index contributed by atoms with van der Waals surface area (Å²) in [6, 6.07) is 3.42. The number of rotatable bonds is 3. The number of hydrogen-bond donors (Lipinski definition) is 0. The molecule has 1 unspecified atom stereocenters. The van der Waals surface area contributed by atoms with Crippen LogP contribution in [0, 0.1) is 17.2 Å². The third kappa shape index (κ3) is 2.42. The zero-order valence-corrected chi connectivity index (χ0v) is 10.3. The highest BCUT2D eigenvalue weighted by Crippen LogP contribution is 2.27. The summed E-state index contributed by atoms with van der Waals surface area (Å²) in [4.78, 5) is 15.0. The number of dihydropyridines is 1. The van der Waals surface area contributed by atoms with Crippen molar-refractivity contribution < 1.29 is 14.3 Å². The van der Waals surface area contributed by atoms with Gasteiger partial charge in [-0.25, -0.2) is 4.99 Å². The van der Waals surface area contributed by atoms with E-state index in [0.717, 1.165) is 0 Å². The lowest BCUT2D eigenvalue weighted by Gasteiger charge is -2.11. The van der Waals surface area contributed by atoms with Crippen LogP contribution in [0.4, 0.5) is 0 Å². The Hall–Kier alpha value is -2.75. The fraction of sp³-hybridized carbons (Fsp3) is 0.250. The summed E-state index contributed by atoms with van der Waals surface area (Å²) in [6.07, 6.45) is 2.82. The van der Waals surface area contributed by atoms with Crippen molar-refractivity contribution in [1.82, 2.24) is 10.2 Å². The predicted molar refractivity (Wildman–Crippen MR) is 65.7 cm³/mol. The van der Waals surface area contributed by atoms with Crippen LogP contribution in [0.2, 0.25) is 0 Å². The molecule has 1 atom stereocenters. The van der Waals surface area contributed by atoms with Gasteiger partial charge in [0.1, 0.15) is 11.6 Å². The molecule has 19 heavy (non-hydrogen) atoms. The lowest BCUT2D eigenvalue weighted by Crippen LogP contribution is -2.13. The van der Waals surface area contributed by atoms with Gasteiger partial charge < -0.3 is 9.47 Å². The van der Waals surface area contributed by atoms with Crippen LogP contribution in [0.1, 0.15) is 5.69 Å². The smallest absolute Gasteiger partial charge is 0.266 e. The molecule has 0 fully saturated rings. The molecule has 1 amide bonds. The highest BCUT2D eigenvalue weighted by atomic mass is 16.5. The molecule has 96 valence electrons. The minimum absolute atomic E-state index is 0.307. The Bertz CT molecular complexity index is 616. The van der Waals surface area contributed by atoms with Gasteiger partial charge in [-0.15, -0.1) is 10.2 Å². The van der Waals surface area contributed by atoms with Gasteiger partial charge in [0.2, 0.25) is 5.88 Å². The molecule has 0 bridgehead atoms. The van der Waals surface area contributed by atoms with Crippen molar-refractivity contribution in [2.75, 3.05) is 14.2 Å². The number of aliphatic imine (C=N–C) groups is 1. The Morgan fingerprint density at radius 1 is 1.32 bits per heavy atom. The van der Waals surface area contributed by atoms with Crippen LogP contribution in [0.3, 0.4) is 0 Å². The number of nitriles is 1. The van der Waals surface area contributed by atoms with Crippen molar-refractivity contribution in [3.63, 3.8) is 0 Å². The Morgan fingerprint density at radius 3 is 2.74 bits per heavy atom. The molecule has 2 rings (SSSR count). The summed E-state index contributed by atoms with van der Waals surface area (Å²) in [5.41, 5.74) is 0.915. The zero-order chi connectivity index (χ0) is 13.8. The second-order valence-corrected chi connectivity index (χ2v) is 3.63. The minimum Gasteiger partial charge on any atom is -0.494 e. The maximum Gasteiger partial charge on any atom is 0.266 e. The van der Waals surface area contributed by atoms with Crippen LogP contribution >= 0.6 is 0 Å². The van der Waals surface area contributed by atoms with Gasteiger partial charge in [-0.1, -0.05) is 0 Å². The topological polar surface area (TPSA) is 97.5 Å². The zero-order valence-electron chi connectivity index (χ0n) is 10.3. The number of allylic oxidation sites excluding steroid dienone is 1. The summed E-state index contributed by atoms with van der Waals surface area (Å²) in [6.45, 7) is 0. The first kappa shape index (κ1) is 12.7. The van der Waals surface area contributed by atoms with Gasteiger partial charge in [0.05, 0.1) is 20.3 Å². The molecule has 7 heteroatoms. The second kappa shape index (κ2) is 5.27. The monoisotopic (exact) mass is 258 g/mol. The molecular weight excluding hydrogens is 248 g/mol. The molecule has 7 nitrogen and oxygen atoms in total. The Kier molecular flexibility index (Phi) is 3.52. The fourth-order valence-electron chi connectivity index (χ4n) is 1.55. The fourth-order valence-corrected chi connectivity index (χ4v) is 1.55. The van der Waals surface area contributed by atoms with Crippen molar-refractivity contribution in [2.24, 2.45) is 10.9 Å². The van der Waals surface area contributed by atoms with E-state index in [1.807, 2.05) is 6.07 Å². The number of methoxy groups -OCH3 is 2. The summed E-state index contributed by atoms with van der Waals surface area (Å²) >= 11 is 0. The van der Waals surface area contributed by atoms with Crippen LogP contribution in [0.25, 0.3) is 5.57 Å². The van der Waals surface area contributed by atoms with Crippen LogP contribution in [-0.4, -0.2) is 36.5 Å². The number of hydrogen-bond acceptors (Lipinski definition) is 6. The summed E-state index contributed by atoms with van der Waals surface area (Å²) in [5, 5.41) is 16.6. The molecule has 0 aromatic carbocycles. The minimum atomic E-state index is -0.909. The predicted octanol–water partition coefficient (Wildman–Crippen LogP) is 0.628. The van der Waals surface area contributed by atoms with Crippen LogP contribution in [-0.2, 0) is 4.79 Å². The third-order valence-electron chi connectivity index (χ3n) is 2.52. The summed E-state index contributed by atoms with van der Waals surface area (Å²) in [7, 11) is 2.95. The van der Waals surface area contributed by atoms with Crippen molar-refractivity contribution in [1.29, 1.82) is 5.26 Å². The second-order valence-electron chi connectivity index (χ2n) is 3.63. The maximum absolute atomic E-state index is 11.3. The molecule has 1 aliphatic heterocycles. The van der Waals surface area contributed by atoms with Crippen molar-refractivity contribution in [3.8, 4) is 17.7 Å². The van der Waals surface area contributed by atoms with E-state index in [2.05, 4.69) is 15.2 Å². The average molecular weight is 258 g/mol. The number of carbonyl (C=O) groups is 1. The molecule has 2 heterocycles. The number of aromatic nitrogens is 2. The molecule has 0 radical (unpaired) electrons. The van der Waals surface area contributed by atoms with Gasteiger partial charge in [0.25, 0.3) is 5.91 Å². The highest BCUT2D eigenvalue weighted by Gasteiger charge is 2.22. The quantitative estimate of drug-likeness (QED) is 0.788. The van der Waals surface area contributed by atoms with E-state index in [1.54, 1.807) is 6.07 Å². The number of amides is 1. The van der Waals surface area contributed by atoms with Gasteiger partial charge in [0, 0.05) is 17.9 Å². The number of nitrogens with zero attached hydrogens (tertiary/aromatic N) is 4. The van der Waals surface area contributed by atoms with Gasteiger partial charge in [-0.05, 0) is 6.08 Å². The molecular formula is C12H10N4O3. The van der Waals surface area contributed by atoms with Crippen LogP contribution in [0.15, 0.2) is 17.1 Å². The van der Waals surface area contributed by atoms with E-state index in [0.29, 0.717) is 22.9 Å². The summed E-state index contributed by atoms with van der Waals surface area (Å²) < 4.78 is 10.1. The maximum atomic E-state index is 11.3. The first-order valence-electron chi connectivity index (χ1n) is 5.35. The Morgan fingerprint density at radius 2 is 2.11 bits per heavy atom. The van der Waals surface area contributed by atoms with Crippen LogP contribution in [0.5, 0.6) is 11.6 Å². The van der Waals surface area contributed by atoms with E-state index >= 15 is 0 Å². The first-order valence-corrected chi connectivity index (χ1v) is 5.35. The van der Waals surface area contributed by atoms with Gasteiger partial charge in [0.15, 0.2) is 5.75 Å². The van der Waals surface area contributed by atoms with Gasteiger partial charge in [-0.2, -0.15) is 5.26 Å². The van der Waals surface area contributed by atoms with Crippen LogP contribution < -0.4 is 9.47 Å². The molecule has 0 saturated carbocycles.